The summed E-state index contributed by atoms with van der Waals surface area (Å²) in [5, 5.41) is 13.2. The van der Waals surface area contributed by atoms with Crippen LogP contribution in [0.4, 0.5) is 4.39 Å². The summed E-state index contributed by atoms with van der Waals surface area (Å²) < 4.78 is 18.3. The van der Waals surface area contributed by atoms with Gasteiger partial charge in [-0.05, 0) is 38.1 Å². The zero-order valence-electron chi connectivity index (χ0n) is 14.5. The second-order valence-corrected chi connectivity index (χ2v) is 6.89. The van der Waals surface area contributed by atoms with Crippen molar-refractivity contribution in [2.45, 2.75) is 18.9 Å². The number of hydrogen-bond acceptors (Lipinski definition) is 4. The summed E-state index contributed by atoms with van der Waals surface area (Å²) in [7, 11) is 1.89. The van der Waals surface area contributed by atoms with E-state index in [1.165, 1.54) is 6.07 Å². The van der Waals surface area contributed by atoms with Gasteiger partial charge in [0.25, 0.3) is 0 Å². The van der Waals surface area contributed by atoms with Crippen molar-refractivity contribution in [1.82, 2.24) is 29.9 Å². The average molecular weight is 350 g/mol. The lowest BCUT2D eigenvalue weighted by atomic mass is 10.1. The van der Waals surface area contributed by atoms with E-state index in [1.807, 2.05) is 42.3 Å². The standard InChI is InChI=1S/C19H19FN6/c1-25-10-13-8-12(2-3-16(13)23-25)17-9-15(20)19-18(22-17)11-26(24-19)14-4-6-21-7-5-14/h2-3,8-11,14,21H,4-7H2,1H3. The van der Waals surface area contributed by atoms with Crippen LogP contribution >= 0.6 is 0 Å². The van der Waals surface area contributed by atoms with Crippen LogP contribution in [0.2, 0.25) is 0 Å². The van der Waals surface area contributed by atoms with E-state index in [4.69, 9.17) is 0 Å². The summed E-state index contributed by atoms with van der Waals surface area (Å²) >= 11 is 0. The molecule has 1 aliphatic heterocycles. The van der Waals surface area contributed by atoms with Gasteiger partial charge < -0.3 is 5.32 Å². The highest BCUT2D eigenvalue weighted by Crippen LogP contribution is 2.27. The second-order valence-electron chi connectivity index (χ2n) is 6.89. The Balaban J connectivity index is 1.58. The molecule has 0 aliphatic carbocycles. The molecule has 4 aromatic rings. The second kappa shape index (κ2) is 5.88. The Bertz CT molecular complexity index is 1110. The third-order valence-electron chi connectivity index (χ3n) is 5.04. The van der Waals surface area contributed by atoms with Gasteiger partial charge in [0.1, 0.15) is 11.0 Å². The topological polar surface area (TPSA) is 60.6 Å². The summed E-state index contributed by atoms with van der Waals surface area (Å²) in [4.78, 5) is 4.67. The molecule has 132 valence electrons. The van der Waals surface area contributed by atoms with Crippen LogP contribution in [0.5, 0.6) is 0 Å². The number of halogens is 1. The highest BCUT2D eigenvalue weighted by molar-refractivity contribution is 5.85. The molecule has 5 rings (SSSR count). The normalized spacial score (nSPS) is 15.9. The Morgan fingerprint density at radius 3 is 2.77 bits per heavy atom. The Hall–Kier alpha value is -2.80. The molecule has 1 aliphatic rings. The number of nitrogens with one attached hydrogen (secondary N) is 1. The van der Waals surface area contributed by atoms with E-state index < -0.39 is 0 Å². The number of rotatable bonds is 2. The van der Waals surface area contributed by atoms with Crippen LogP contribution in [0.3, 0.4) is 0 Å². The molecular weight excluding hydrogens is 331 g/mol. The first-order valence-corrected chi connectivity index (χ1v) is 8.87. The highest BCUT2D eigenvalue weighted by Gasteiger charge is 2.19. The maximum absolute atomic E-state index is 14.7. The van der Waals surface area contributed by atoms with Crippen LogP contribution in [0.15, 0.2) is 36.7 Å². The molecule has 1 aromatic carbocycles. The van der Waals surface area contributed by atoms with Crippen molar-refractivity contribution in [2.75, 3.05) is 13.1 Å². The van der Waals surface area contributed by atoms with Gasteiger partial charge in [0.05, 0.1) is 23.4 Å². The lowest BCUT2D eigenvalue weighted by Crippen LogP contribution is -2.29. The first kappa shape index (κ1) is 15.5. The van der Waals surface area contributed by atoms with Crippen molar-refractivity contribution in [1.29, 1.82) is 0 Å². The molecule has 6 nitrogen and oxygen atoms in total. The lowest BCUT2D eigenvalue weighted by Gasteiger charge is -2.22. The summed E-state index contributed by atoms with van der Waals surface area (Å²) in [5.41, 5.74) is 3.35. The Labute approximate surface area is 149 Å². The van der Waals surface area contributed by atoms with Crippen molar-refractivity contribution < 1.29 is 4.39 Å². The van der Waals surface area contributed by atoms with E-state index in [0.29, 0.717) is 22.8 Å². The van der Waals surface area contributed by atoms with Crippen molar-refractivity contribution in [3.05, 3.63) is 42.5 Å². The number of piperidine rings is 1. The summed E-state index contributed by atoms with van der Waals surface area (Å²) in [6.07, 6.45) is 5.82. The average Bonchev–Trinajstić information content (AvgIpc) is 3.24. The van der Waals surface area contributed by atoms with Crippen LogP contribution in [0.1, 0.15) is 18.9 Å². The SMILES string of the molecule is Cn1cc2cc(-c3cc(F)c4nn(C5CCNCC5)cc4n3)ccc2n1. The zero-order chi connectivity index (χ0) is 17.7. The molecule has 3 aromatic heterocycles. The van der Waals surface area contributed by atoms with Gasteiger partial charge in [0.15, 0.2) is 5.82 Å². The maximum Gasteiger partial charge on any atom is 0.155 e. The van der Waals surface area contributed by atoms with Crippen molar-refractivity contribution in [3.63, 3.8) is 0 Å². The van der Waals surface area contributed by atoms with Gasteiger partial charge in [0.2, 0.25) is 0 Å². The number of benzene rings is 1. The van der Waals surface area contributed by atoms with Crippen LogP contribution in [-0.4, -0.2) is 37.6 Å². The molecule has 0 bridgehead atoms. The fourth-order valence-electron chi connectivity index (χ4n) is 3.70. The van der Waals surface area contributed by atoms with E-state index in [9.17, 15) is 4.39 Å². The summed E-state index contributed by atoms with van der Waals surface area (Å²) in [6, 6.07) is 7.64. The molecule has 0 unspecified atom stereocenters. The van der Waals surface area contributed by atoms with E-state index in [-0.39, 0.29) is 5.82 Å². The summed E-state index contributed by atoms with van der Waals surface area (Å²) in [5.74, 6) is -0.330. The fraction of sp³-hybridized carbons (Fsp3) is 0.316. The van der Waals surface area contributed by atoms with Crippen LogP contribution in [-0.2, 0) is 7.05 Å². The number of pyridine rings is 1. The van der Waals surface area contributed by atoms with Gasteiger partial charge in [-0.3, -0.25) is 9.36 Å². The number of fused-ring (bicyclic) bond motifs is 2. The molecule has 26 heavy (non-hydrogen) atoms. The Morgan fingerprint density at radius 2 is 1.92 bits per heavy atom. The van der Waals surface area contributed by atoms with E-state index >= 15 is 0 Å². The van der Waals surface area contributed by atoms with Crippen molar-refractivity contribution >= 4 is 21.9 Å². The zero-order valence-corrected chi connectivity index (χ0v) is 14.5. The number of hydrogen-bond donors (Lipinski definition) is 1. The van der Waals surface area contributed by atoms with Gasteiger partial charge in [-0.1, -0.05) is 6.07 Å². The minimum atomic E-state index is -0.330. The van der Waals surface area contributed by atoms with E-state index in [0.717, 1.165) is 42.4 Å². The summed E-state index contributed by atoms with van der Waals surface area (Å²) in [6.45, 7) is 1.93. The quantitative estimate of drug-likeness (QED) is 0.604. The molecule has 1 fully saturated rings. The van der Waals surface area contributed by atoms with Crippen LogP contribution in [0.25, 0.3) is 33.2 Å². The van der Waals surface area contributed by atoms with E-state index in [2.05, 4.69) is 20.5 Å². The maximum atomic E-state index is 14.7. The predicted octanol–water partition coefficient (Wildman–Crippen LogP) is 3.05. The number of aryl methyl sites for hydroxylation is 1. The first-order chi connectivity index (χ1) is 12.7. The lowest BCUT2D eigenvalue weighted by molar-refractivity contribution is 0.344. The first-order valence-electron chi connectivity index (χ1n) is 8.87. The minimum Gasteiger partial charge on any atom is -0.317 e. The van der Waals surface area contributed by atoms with Gasteiger partial charge >= 0.3 is 0 Å². The van der Waals surface area contributed by atoms with E-state index in [1.54, 1.807) is 4.68 Å². The largest absolute Gasteiger partial charge is 0.317 e. The molecule has 7 heteroatoms. The van der Waals surface area contributed by atoms with Gasteiger partial charge in [-0.15, -0.1) is 0 Å². The monoisotopic (exact) mass is 350 g/mol. The molecule has 0 spiro atoms. The molecule has 0 amide bonds. The Kier molecular flexibility index (Phi) is 3.49. The molecule has 4 heterocycles. The van der Waals surface area contributed by atoms with Crippen molar-refractivity contribution in [2.24, 2.45) is 7.05 Å². The van der Waals surface area contributed by atoms with Gasteiger partial charge in [-0.2, -0.15) is 10.2 Å². The third-order valence-corrected chi connectivity index (χ3v) is 5.04. The fourth-order valence-corrected chi connectivity index (χ4v) is 3.70. The molecule has 1 saturated heterocycles. The number of aromatic nitrogens is 5. The number of nitrogens with zero attached hydrogens (tertiary/aromatic N) is 5. The van der Waals surface area contributed by atoms with Crippen LogP contribution < -0.4 is 5.32 Å². The van der Waals surface area contributed by atoms with Crippen molar-refractivity contribution in [3.8, 4) is 11.3 Å². The molecule has 0 saturated carbocycles. The van der Waals surface area contributed by atoms with Crippen LogP contribution in [0, 0.1) is 5.82 Å². The third kappa shape index (κ3) is 2.55. The molecule has 0 atom stereocenters. The Morgan fingerprint density at radius 1 is 1.08 bits per heavy atom. The highest BCUT2D eigenvalue weighted by atomic mass is 19.1. The van der Waals surface area contributed by atoms with Gasteiger partial charge in [0, 0.05) is 30.3 Å². The molecule has 0 radical (unpaired) electrons. The molecular formula is C19H19FN6. The predicted molar refractivity (Wildman–Crippen MR) is 98.3 cm³/mol. The molecule has 1 N–H and O–H groups in total. The smallest absolute Gasteiger partial charge is 0.155 e. The van der Waals surface area contributed by atoms with Gasteiger partial charge in [-0.25, -0.2) is 9.37 Å². The minimum absolute atomic E-state index is 0.306.